The second kappa shape index (κ2) is 10.2. The van der Waals surface area contributed by atoms with Crippen molar-refractivity contribution < 1.29 is 14.4 Å². The maximum absolute atomic E-state index is 13.4. The van der Waals surface area contributed by atoms with Gasteiger partial charge in [-0.3, -0.25) is 24.0 Å². The third kappa shape index (κ3) is 4.72. The van der Waals surface area contributed by atoms with Crippen molar-refractivity contribution in [3.8, 4) is 11.3 Å². The van der Waals surface area contributed by atoms with E-state index in [2.05, 4.69) is 10.4 Å². The summed E-state index contributed by atoms with van der Waals surface area (Å²) in [6.07, 6.45) is 8.14. The van der Waals surface area contributed by atoms with E-state index in [0.29, 0.717) is 26.9 Å². The summed E-state index contributed by atoms with van der Waals surface area (Å²) in [7, 11) is 1.82. The lowest BCUT2D eigenvalue weighted by Crippen LogP contribution is -2.46. The molecule has 1 atom stereocenters. The second-order valence-electron chi connectivity index (χ2n) is 9.72. The monoisotopic (exact) mass is 524 g/mol. The Hall–Kier alpha value is -2.97. The molecular weight excluding hydrogens is 496 g/mol. The number of nitrogens with one attached hydrogen (secondary N) is 1. The summed E-state index contributed by atoms with van der Waals surface area (Å²) in [6.45, 7) is 2.12. The van der Waals surface area contributed by atoms with Crippen LogP contribution in [0, 0.1) is 12.8 Å². The lowest BCUT2D eigenvalue weighted by molar-refractivity contribution is 0.0620. The Balaban J connectivity index is 1.37. The van der Waals surface area contributed by atoms with Crippen LogP contribution in [0.5, 0.6) is 0 Å². The van der Waals surface area contributed by atoms with E-state index in [4.69, 9.17) is 11.6 Å². The number of benzene rings is 1. The number of hydrogen-bond donors (Lipinski definition) is 1. The van der Waals surface area contributed by atoms with E-state index >= 15 is 0 Å². The molecule has 1 fully saturated rings. The third-order valence-electron chi connectivity index (χ3n) is 7.25. The Labute approximate surface area is 219 Å². The van der Waals surface area contributed by atoms with Crippen LogP contribution in [-0.2, 0) is 7.05 Å². The van der Waals surface area contributed by atoms with Gasteiger partial charge < -0.3 is 5.32 Å². The fourth-order valence-electron chi connectivity index (χ4n) is 5.43. The molecule has 1 aliphatic carbocycles. The average molecular weight is 525 g/mol. The van der Waals surface area contributed by atoms with Crippen LogP contribution in [0.1, 0.15) is 73.8 Å². The highest BCUT2D eigenvalue weighted by Crippen LogP contribution is 2.35. The lowest BCUT2D eigenvalue weighted by atomic mass is 9.84. The first-order valence-electron chi connectivity index (χ1n) is 12.4. The van der Waals surface area contributed by atoms with E-state index in [1.807, 2.05) is 20.0 Å². The van der Waals surface area contributed by atoms with Gasteiger partial charge in [-0.25, -0.2) is 0 Å². The Morgan fingerprint density at radius 1 is 1.14 bits per heavy atom. The molecule has 1 N–H and O–H groups in total. The minimum Gasteiger partial charge on any atom is -0.347 e. The van der Waals surface area contributed by atoms with Crippen molar-refractivity contribution in [3.63, 3.8) is 0 Å². The van der Waals surface area contributed by atoms with Gasteiger partial charge in [0.15, 0.2) is 0 Å². The number of carbonyl (C=O) groups excluding carboxylic acids is 3. The summed E-state index contributed by atoms with van der Waals surface area (Å²) in [6, 6.07) is 8.42. The van der Waals surface area contributed by atoms with Gasteiger partial charge in [0.25, 0.3) is 17.7 Å². The Kier molecular flexibility index (Phi) is 6.99. The van der Waals surface area contributed by atoms with E-state index in [0.717, 1.165) is 35.4 Å². The Bertz CT molecular complexity index is 1270. The number of rotatable bonds is 7. The number of carbonyl (C=O) groups is 3. The number of amides is 3. The molecule has 0 spiro atoms. The van der Waals surface area contributed by atoms with Crippen LogP contribution in [0.3, 0.4) is 0 Å². The first kappa shape index (κ1) is 24.7. The van der Waals surface area contributed by atoms with E-state index < -0.39 is 0 Å². The van der Waals surface area contributed by atoms with Crippen LogP contribution < -0.4 is 5.32 Å². The van der Waals surface area contributed by atoms with Crippen molar-refractivity contribution in [2.75, 3.05) is 6.54 Å². The molecule has 1 aromatic carbocycles. The van der Waals surface area contributed by atoms with E-state index in [1.54, 1.807) is 35.1 Å². The van der Waals surface area contributed by atoms with Crippen LogP contribution in [0.2, 0.25) is 5.02 Å². The summed E-state index contributed by atoms with van der Waals surface area (Å²) in [5.41, 5.74) is 2.50. The molecule has 1 aliphatic heterocycles. The zero-order valence-electron chi connectivity index (χ0n) is 20.4. The molecular formula is C27H29ClN4O3S. The fraction of sp³-hybridized carbons (Fsp3) is 0.407. The number of aryl methyl sites for hydroxylation is 2. The quantitative estimate of drug-likeness (QED) is 0.415. The molecule has 9 heteroatoms. The molecule has 3 heterocycles. The first-order valence-corrected chi connectivity index (χ1v) is 13.6. The van der Waals surface area contributed by atoms with Gasteiger partial charge in [-0.05, 0) is 37.5 Å². The van der Waals surface area contributed by atoms with E-state index in [-0.39, 0.29) is 30.3 Å². The number of thiophene rings is 1. The number of aromatic nitrogens is 2. The maximum Gasteiger partial charge on any atom is 0.261 e. The molecule has 1 saturated carbocycles. The van der Waals surface area contributed by atoms with Gasteiger partial charge in [0.1, 0.15) is 0 Å². The molecule has 2 aliphatic rings. The lowest BCUT2D eigenvalue weighted by Gasteiger charge is -2.29. The van der Waals surface area contributed by atoms with Gasteiger partial charge in [0.05, 0.1) is 32.9 Å². The molecule has 0 unspecified atom stereocenters. The van der Waals surface area contributed by atoms with Crippen molar-refractivity contribution in [2.24, 2.45) is 13.0 Å². The van der Waals surface area contributed by atoms with Gasteiger partial charge in [0.2, 0.25) is 0 Å². The predicted octanol–water partition coefficient (Wildman–Crippen LogP) is 5.48. The first-order chi connectivity index (χ1) is 17.3. The van der Waals surface area contributed by atoms with E-state index in [1.165, 1.54) is 35.5 Å². The number of hydrogen-bond acceptors (Lipinski definition) is 5. The molecule has 0 bridgehead atoms. The van der Waals surface area contributed by atoms with Crippen LogP contribution in [-0.4, -0.2) is 45.0 Å². The Morgan fingerprint density at radius 2 is 1.81 bits per heavy atom. The van der Waals surface area contributed by atoms with Gasteiger partial charge in [-0.2, -0.15) is 5.10 Å². The smallest absolute Gasteiger partial charge is 0.261 e. The number of nitrogens with zero attached hydrogens (tertiary/aromatic N) is 3. The minimum absolute atomic E-state index is 0.166. The number of fused-ring (bicyclic) bond motifs is 1. The van der Waals surface area contributed by atoms with Crippen LogP contribution >= 0.6 is 22.9 Å². The molecule has 3 aromatic rings. The highest BCUT2D eigenvalue weighted by atomic mass is 35.5. The minimum atomic E-state index is -0.325. The van der Waals surface area contributed by atoms with Gasteiger partial charge in [0, 0.05) is 30.1 Å². The molecule has 36 heavy (non-hydrogen) atoms. The zero-order chi connectivity index (χ0) is 25.4. The standard InChI is InChI=1S/C27H29ClN4O3S/c1-16-21(24-22(28)14-29-31(24)2)13-23(36-16)25(33)30-18(12-17-8-4-3-5-9-17)15-32-26(34)19-10-6-7-11-20(19)27(32)35/h6-7,10-11,13-14,17-18H,3-5,8-9,12,15H2,1-2H3,(H,30,33)/t18-/m0/s1. The highest BCUT2D eigenvalue weighted by Gasteiger charge is 2.37. The van der Waals surface area contributed by atoms with Gasteiger partial charge >= 0.3 is 0 Å². The van der Waals surface area contributed by atoms with Crippen LogP contribution in [0.4, 0.5) is 0 Å². The topological polar surface area (TPSA) is 84.3 Å². The molecule has 0 radical (unpaired) electrons. The average Bonchev–Trinajstić information content (AvgIpc) is 3.49. The van der Waals surface area contributed by atoms with Crippen molar-refractivity contribution in [1.29, 1.82) is 0 Å². The summed E-state index contributed by atoms with van der Waals surface area (Å²) in [5.74, 6) is -0.324. The fourth-order valence-corrected chi connectivity index (χ4v) is 6.62. The maximum atomic E-state index is 13.4. The zero-order valence-corrected chi connectivity index (χ0v) is 22.0. The summed E-state index contributed by atoms with van der Waals surface area (Å²) < 4.78 is 1.70. The molecule has 2 aromatic heterocycles. The molecule has 3 amide bonds. The van der Waals surface area contributed by atoms with Crippen molar-refractivity contribution in [2.45, 2.75) is 51.5 Å². The van der Waals surface area contributed by atoms with E-state index in [9.17, 15) is 14.4 Å². The summed E-state index contributed by atoms with van der Waals surface area (Å²) >= 11 is 7.75. The van der Waals surface area contributed by atoms with Crippen molar-refractivity contribution >= 4 is 40.7 Å². The summed E-state index contributed by atoms with van der Waals surface area (Å²) in [5, 5.41) is 7.90. The van der Waals surface area contributed by atoms with Crippen LogP contribution in [0.25, 0.3) is 11.3 Å². The van der Waals surface area contributed by atoms with Gasteiger partial charge in [-0.1, -0.05) is 55.8 Å². The molecule has 5 rings (SSSR count). The highest BCUT2D eigenvalue weighted by molar-refractivity contribution is 7.14. The van der Waals surface area contributed by atoms with Crippen LogP contribution in [0.15, 0.2) is 36.5 Å². The number of halogens is 1. The molecule has 0 saturated heterocycles. The molecule has 7 nitrogen and oxygen atoms in total. The number of imide groups is 1. The Morgan fingerprint density at radius 3 is 2.42 bits per heavy atom. The SMILES string of the molecule is Cc1sc(C(=O)N[C@@H](CC2CCCCC2)CN2C(=O)c3ccccc3C2=O)cc1-c1c(Cl)cnn1C. The third-order valence-corrected chi connectivity index (χ3v) is 8.58. The predicted molar refractivity (Wildman–Crippen MR) is 141 cm³/mol. The normalized spacial score (nSPS) is 16.9. The summed E-state index contributed by atoms with van der Waals surface area (Å²) in [4.78, 5) is 42.3. The largest absolute Gasteiger partial charge is 0.347 e. The van der Waals surface area contributed by atoms with Crippen molar-refractivity contribution in [1.82, 2.24) is 20.0 Å². The second-order valence-corrected chi connectivity index (χ2v) is 11.4. The molecule has 188 valence electrons. The van der Waals surface area contributed by atoms with Gasteiger partial charge in [-0.15, -0.1) is 11.3 Å². The van der Waals surface area contributed by atoms with Crippen molar-refractivity contribution in [3.05, 3.63) is 62.4 Å².